The van der Waals surface area contributed by atoms with Crippen molar-refractivity contribution in [3.05, 3.63) is 76.6 Å². The minimum absolute atomic E-state index is 0.113. The zero-order chi connectivity index (χ0) is 20.9. The third-order valence-electron chi connectivity index (χ3n) is 4.81. The number of aromatic nitrogens is 3. The lowest BCUT2D eigenvalue weighted by molar-refractivity contribution is -0.385. The fourth-order valence-electron chi connectivity index (χ4n) is 3.27. The molecule has 3 aromatic rings. The number of nitrogens with one attached hydrogen (secondary N) is 1. The molecule has 0 atom stereocenters. The predicted octanol–water partition coefficient (Wildman–Crippen LogP) is 2.49. The summed E-state index contributed by atoms with van der Waals surface area (Å²) in [5, 5.41) is 22.8. The van der Waals surface area contributed by atoms with Crippen molar-refractivity contribution in [2.75, 3.05) is 36.4 Å². The van der Waals surface area contributed by atoms with E-state index >= 15 is 0 Å². The number of hydrogen-bond acceptors (Lipinski definition) is 8. The minimum Gasteiger partial charge on any atom is -0.352 e. The number of rotatable bonds is 5. The van der Waals surface area contributed by atoms with Gasteiger partial charge in [-0.1, -0.05) is 12.1 Å². The molecule has 0 bridgehead atoms. The molecule has 1 aliphatic rings. The topological polar surface area (TPSA) is 117 Å². The molecular weight excluding hydrogens is 386 g/mol. The van der Waals surface area contributed by atoms with Crippen molar-refractivity contribution >= 4 is 28.9 Å². The summed E-state index contributed by atoms with van der Waals surface area (Å²) in [6, 6.07) is 13.4. The first-order valence-corrected chi connectivity index (χ1v) is 9.40. The van der Waals surface area contributed by atoms with Crippen LogP contribution in [0.15, 0.2) is 60.9 Å². The van der Waals surface area contributed by atoms with E-state index in [9.17, 15) is 14.9 Å². The van der Waals surface area contributed by atoms with Gasteiger partial charge < -0.3 is 15.1 Å². The minimum atomic E-state index is -0.528. The van der Waals surface area contributed by atoms with E-state index in [-0.39, 0.29) is 17.2 Å². The standard InChI is InChI=1S/C20H19N7O3/c28-20(16-5-1-2-6-17(16)27(29)30)26-12-10-25(11-13-26)19-8-7-18(23-24-19)22-15-4-3-9-21-14-15/h1-9,14H,10-13H2,(H,22,23). The number of hydrogen-bond donors (Lipinski definition) is 1. The summed E-state index contributed by atoms with van der Waals surface area (Å²) in [4.78, 5) is 31.1. The van der Waals surface area contributed by atoms with Crippen molar-refractivity contribution < 1.29 is 9.72 Å². The molecule has 1 aliphatic heterocycles. The van der Waals surface area contributed by atoms with Crippen LogP contribution < -0.4 is 10.2 Å². The summed E-state index contributed by atoms with van der Waals surface area (Å²) >= 11 is 0. The van der Waals surface area contributed by atoms with Crippen molar-refractivity contribution in [1.82, 2.24) is 20.1 Å². The van der Waals surface area contributed by atoms with Gasteiger partial charge in [0.05, 0.1) is 16.8 Å². The van der Waals surface area contributed by atoms with Crippen molar-refractivity contribution in [1.29, 1.82) is 0 Å². The molecule has 10 nitrogen and oxygen atoms in total. The Morgan fingerprint density at radius 1 is 1.00 bits per heavy atom. The molecule has 0 unspecified atom stereocenters. The van der Waals surface area contributed by atoms with Gasteiger partial charge in [0.2, 0.25) is 0 Å². The number of para-hydroxylation sites is 1. The van der Waals surface area contributed by atoms with Crippen LogP contribution in [0.25, 0.3) is 0 Å². The molecular formula is C20H19N7O3. The second kappa shape index (κ2) is 8.52. The maximum absolute atomic E-state index is 12.7. The van der Waals surface area contributed by atoms with E-state index in [0.29, 0.717) is 37.8 Å². The molecule has 0 radical (unpaired) electrons. The van der Waals surface area contributed by atoms with Gasteiger partial charge in [-0.05, 0) is 30.3 Å². The van der Waals surface area contributed by atoms with Gasteiger partial charge >= 0.3 is 0 Å². The molecule has 0 saturated carbocycles. The maximum atomic E-state index is 12.7. The van der Waals surface area contributed by atoms with Crippen LogP contribution >= 0.6 is 0 Å². The lowest BCUT2D eigenvalue weighted by Gasteiger charge is -2.35. The summed E-state index contributed by atoms with van der Waals surface area (Å²) in [6.07, 6.45) is 3.39. The van der Waals surface area contributed by atoms with Crippen LogP contribution in [0.2, 0.25) is 0 Å². The van der Waals surface area contributed by atoms with Gasteiger partial charge in [-0.15, -0.1) is 10.2 Å². The Morgan fingerprint density at radius 3 is 2.47 bits per heavy atom. The normalized spacial score (nSPS) is 13.7. The number of benzene rings is 1. The molecule has 2 aromatic heterocycles. The molecule has 1 fully saturated rings. The van der Waals surface area contributed by atoms with Gasteiger partial charge in [-0.2, -0.15) is 0 Å². The van der Waals surface area contributed by atoms with Gasteiger partial charge in [0.15, 0.2) is 11.6 Å². The average molecular weight is 405 g/mol. The Bertz CT molecular complexity index is 1040. The number of amides is 1. The lowest BCUT2D eigenvalue weighted by Crippen LogP contribution is -2.49. The number of carbonyl (C=O) groups excluding carboxylic acids is 1. The largest absolute Gasteiger partial charge is 0.352 e. The van der Waals surface area contributed by atoms with Crippen molar-refractivity contribution in [2.45, 2.75) is 0 Å². The molecule has 3 heterocycles. The van der Waals surface area contributed by atoms with Gasteiger partial charge in [0, 0.05) is 38.4 Å². The first-order valence-electron chi connectivity index (χ1n) is 9.40. The molecule has 4 rings (SSSR count). The first-order chi connectivity index (χ1) is 14.6. The zero-order valence-corrected chi connectivity index (χ0v) is 16.0. The van der Waals surface area contributed by atoms with Crippen LogP contribution in [0.3, 0.4) is 0 Å². The lowest BCUT2D eigenvalue weighted by atomic mass is 10.1. The number of nitro benzene ring substituents is 1. The Hall–Kier alpha value is -4.08. The summed E-state index contributed by atoms with van der Waals surface area (Å²) in [6.45, 7) is 2.03. The Kier molecular flexibility index (Phi) is 5.46. The second-order valence-corrected chi connectivity index (χ2v) is 6.70. The fourth-order valence-corrected chi connectivity index (χ4v) is 3.27. The van der Waals surface area contributed by atoms with Gasteiger partial charge in [0.25, 0.3) is 11.6 Å². The van der Waals surface area contributed by atoms with E-state index in [1.165, 1.54) is 12.1 Å². The van der Waals surface area contributed by atoms with E-state index in [2.05, 4.69) is 20.5 Å². The van der Waals surface area contributed by atoms with Crippen LogP contribution in [0.1, 0.15) is 10.4 Å². The maximum Gasteiger partial charge on any atom is 0.282 e. The number of anilines is 3. The van der Waals surface area contributed by atoms with Crippen LogP contribution in [0.5, 0.6) is 0 Å². The quantitative estimate of drug-likeness (QED) is 0.508. The smallest absolute Gasteiger partial charge is 0.282 e. The van der Waals surface area contributed by atoms with E-state index in [1.54, 1.807) is 29.4 Å². The van der Waals surface area contributed by atoms with E-state index < -0.39 is 4.92 Å². The second-order valence-electron chi connectivity index (χ2n) is 6.70. The Morgan fingerprint density at radius 2 is 1.80 bits per heavy atom. The number of carbonyl (C=O) groups is 1. The Balaban J connectivity index is 1.38. The molecule has 10 heteroatoms. The SMILES string of the molecule is O=C(c1ccccc1[N+](=O)[O-])N1CCN(c2ccc(Nc3cccnc3)nn2)CC1. The summed E-state index contributed by atoms with van der Waals surface area (Å²) in [5.74, 6) is 0.991. The van der Waals surface area contributed by atoms with Crippen molar-refractivity contribution in [2.24, 2.45) is 0 Å². The molecule has 30 heavy (non-hydrogen) atoms. The van der Waals surface area contributed by atoms with Gasteiger partial charge in [-0.3, -0.25) is 19.9 Å². The molecule has 152 valence electrons. The molecule has 0 aliphatic carbocycles. The number of pyridine rings is 1. The number of nitrogens with zero attached hydrogens (tertiary/aromatic N) is 6. The van der Waals surface area contributed by atoms with E-state index in [0.717, 1.165) is 5.69 Å². The van der Waals surface area contributed by atoms with Crippen LogP contribution in [0.4, 0.5) is 23.0 Å². The van der Waals surface area contributed by atoms with Crippen molar-refractivity contribution in [3.8, 4) is 0 Å². The highest BCUT2D eigenvalue weighted by molar-refractivity contribution is 5.98. The molecule has 0 spiro atoms. The molecule has 1 aromatic carbocycles. The van der Waals surface area contributed by atoms with Crippen LogP contribution in [-0.4, -0.2) is 57.1 Å². The van der Waals surface area contributed by atoms with Gasteiger partial charge in [-0.25, -0.2) is 0 Å². The highest BCUT2D eigenvalue weighted by Gasteiger charge is 2.27. The highest BCUT2D eigenvalue weighted by Crippen LogP contribution is 2.22. The molecule has 1 amide bonds. The monoisotopic (exact) mass is 405 g/mol. The van der Waals surface area contributed by atoms with Crippen LogP contribution in [0, 0.1) is 10.1 Å². The summed E-state index contributed by atoms with van der Waals surface area (Å²) in [7, 11) is 0. The highest BCUT2D eigenvalue weighted by atomic mass is 16.6. The zero-order valence-electron chi connectivity index (χ0n) is 16.0. The number of nitro groups is 1. The van der Waals surface area contributed by atoms with Gasteiger partial charge in [0.1, 0.15) is 5.56 Å². The summed E-state index contributed by atoms with van der Waals surface area (Å²) in [5.41, 5.74) is 0.760. The molecule has 1 N–H and O–H groups in total. The fraction of sp³-hybridized carbons (Fsp3) is 0.200. The Labute approximate surface area is 172 Å². The third kappa shape index (κ3) is 4.17. The molecule has 1 saturated heterocycles. The number of piperazine rings is 1. The van der Waals surface area contributed by atoms with Crippen molar-refractivity contribution in [3.63, 3.8) is 0 Å². The first kappa shape index (κ1) is 19.2. The third-order valence-corrected chi connectivity index (χ3v) is 4.81. The predicted molar refractivity (Wildman–Crippen MR) is 111 cm³/mol. The van der Waals surface area contributed by atoms with Crippen LogP contribution in [-0.2, 0) is 0 Å². The average Bonchev–Trinajstić information content (AvgIpc) is 2.80. The van der Waals surface area contributed by atoms with E-state index in [1.807, 2.05) is 29.2 Å². The summed E-state index contributed by atoms with van der Waals surface area (Å²) < 4.78 is 0. The van der Waals surface area contributed by atoms with E-state index in [4.69, 9.17) is 0 Å².